The molecule has 0 aliphatic carbocycles. The maximum atomic E-state index is 12.5. The third kappa shape index (κ3) is 4.57. The van der Waals surface area contributed by atoms with Gasteiger partial charge >= 0.3 is 6.03 Å². The Morgan fingerprint density at radius 3 is 2.37 bits per heavy atom. The minimum atomic E-state index is -0.00931. The molecule has 0 radical (unpaired) electrons. The number of urea groups is 1. The molecule has 6 nitrogen and oxygen atoms in total. The molecule has 27 heavy (non-hydrogen) atoms. The van der Waals surface area contributed by atoms with Gasteiger partial charge < -0.3 is 15.1 Å². The Hall–Kier alpha value is -2.60. The van der Waals surface area contributed by atoms with E-state index in [1.54, 1.807) is 6.20 Å². The highest BCUT2D eigenvalue weighted by Crippen LogP contribution is 2.22. The number of hydrogen-bond acceptors (Lipinski definition) is 4. The number of benzene rings is 1. The van der Waals surface area contributed by atoms with E-state index in [9.17, 15) is 4.79 Å². The molecule has 2 aliphatic heterocycles. The number of hydrogen-bond donors (Lipinski definition) is 1. The fourth-order valence-electron chi connectivity index (χ4n) is 3.79. The van der Waals surface area contributed by atoms with E-state index in [0.717, 1.165) is 51.5 Å². The molecule has 6 heteroatoms. The van der Waals surface area contributed by atoms with Crippen LogP contribution in [0.5, 0.6) is 0 Å². The first kappa shape index (κ1) is 17.8. The highest BCUT2D eigenvalue weighted by atomic mass is 16.2. The van der Waals surface area contributed by atoms with E-state index in [4.69, 9.17) is 0 Å². The van der Waals surface area contributed by atoms with Crippen LogP contribution in [0.3, 0.4) is 0 Å². The van der Waals surface area contributed by atoms with Crippen LogP contribution >= 0.6 is 0 Å². The first-order chi connectivity index (χ1) is 13.3. The van der Waals surface area contributed by atoms with E-state index in [-0.39, 0.29) is 6.03 Å². The lowest BCUT2D eigenvalue weighted by molar-refractivity contribution is 0.143. The molecule has 2 fully saturated rings. The molecule has 2 aromatic rings. The van der Waals surface area contributed by atoms with Gasteiger partial charge in [-0.3, -0.25) is 9.88 Å². The molecule has 1 N–H and O–H groups in total. The van der Waals surface area contributed by atoms with Gasteiger partial charge in [0.05, 0.1) is 0 Å². The summed E-state index contributed by atoms with van der Waals surface area (Å²) in [5.41, 5.74) is 3.32. The van der Waals surface area contributed by atoms with Crippen molar-refractivity contribution in [3.05, 3.63) is 54.4 Å². The molecule has 0 saturated carbocycles. The molecule has 1 aromatic carbocycles. The number of anilines is 2. The van der Waals surface area contributed by atoms with Crippen molar-refractivity contribution in [2.75, 3.05) is 49.5 Å². The number of amides is 2. The Bertz CT molecular complexity index is 735. The van der Waals surface area contributed by atoms with Gasteiger partial charge in [0.15, 0.2) is 0 Å². The van der Waals surface area contributed by atoms with Gasteiger partial charge in [-0.05, 0) is 48.7 Å². The fourth-order valence-corrected chi connectivity index (χ4v) is 3.79. The summed E-state index contributed by atoms with van der Waals surface area (Å²) in [6, 6.07) is 12.3. The van der Waals surface area contributed by atoms with Gasteiger partial charge in [0.2, 0.25) is 0 Å². The minimum Gasteiger partial charge on any atom is -0.372 e. The van der Waals surface area contributed by atoms with Gasteiger partial charge in [-0.15, -0.1) is 0 Å². The number of nitrogens with one attached hydrogen (secondary N) is 1. The molecule has 1 aromatic heterocycles. The predicted octanol–water partition coefficient (Wildman–Crippen LogP) is 3.03. The topological polar surface area (TPSA) is 51.7 Å². The monoisotopic (exact) mass is 365 g/mol. The third-order valence-corrected chi connectivity index (χ3v) is 5.38. The molecular formula is C21H27N5O. The summed E-state index contributed by atoms with van der Waals surface area (Å²) >= 11 is 0. The number of piperazine rings is 1. The van der Waals surface area contributed by atoms with Crippen molar-refractivity contribution in [3.63, 3.8) is 0 Å². The Balaban J connectivity index is 1.25. The lowest BCUT2D eigenvalue weighted by atomic mass is 10.2. The van der Waals surface area contributed by atoms with E-state index in [1.165, 1.54) is 24.1 Å². The van der Waals surface area contributed by atoms with Crippen LogP contribution in [0, 0.1) is 0 Å². The van der Waals surface area contributed by atoms with Crippen LogP contribution in [0.1, 0.15) is 18.4 Å². The van der Waals surface area contributed by atoms with Gasteiger partial charge in [-0.25, -0.2) is 4.79 Å². The van der Waals surface area contributed by atoms with Crippen LogP contribution in [-0.2, 0) is 6.54 Å². The van der Waals surface area contributed by atoms with Crippen molar-refractivity contribution in [2.24, 2.45) is 0 Å². The Morgan fingerprint density at radius 2 is 1.70 bits per heavy atom. The van der Waals surface area contributed by atoms with Gasteiger partial charge in [-0.2, -0.15) is 0 Å². The van der Waals surface area contributed by atoms with Crippen LogP contribution in [0.4, 0.5) is 16.2 Å². The van der Waals surface area contributed by atoms with Crippen LogP contribution < -0.4 is 10.2 Å². The number of carbonyl (C=O) groups excluding carboxylic acids is 1. The third-order valence-electron chi connectivity index (χ3n) is 5.38. The summed E-state index contributed by atoms with van der Waals surface area (Å²) in [5, 5.41) is 3.03. The molecule has 0 unspecified atom stereocenters. The summed E-state index contributed by atoms with van der Waals surface area (Å²) < 4.78 is 0. The molecule has 0 atom stereocenters. The van der Waals surface area contributed by atoms with Crippen LogP contribution in [-0.4, -0.2) is 60.1 Å². The maximum absolute atomic E-state index is 12.5. The largest absolute Gasteiger partial charge is 0.372 e. The second-order valence-electron chi connectivity index (χ2n) is 7.30. The summed E-state index contributed by atoms with van der Waals surface area (Å²) in [6.07, 6.45) is 6.24. The lowest BCUT2D eigenvalue weighted by Crippen LogP contribution is -2.49. The molecule has 0 spiro atoms. The average Bonchev–Trinajstić information content (AvgIpc) is 3.25. The molecular weight excluding hydrogens is 338 g/mol. The Kier molecular flexibility index (Phi) is 5.53. The SMILES string of the molecule is O=C(Nc1ccc(N2CCCC2)cc1)N1CCN(Cc2cccnc2)CC1. The molecule has 142 valence electrons. The summed E-state index contributed by atoms with van der Waals surface area (Å²) in [7, 11) is 0. The summed E-state index contributed by atoms with van der Waals surface area (Å²) in [4.78, 5) is 23.4. The highest BCUT2D eigenvalue weighted by molar-refractivity contribution is 5.89. The zero-order chi connectivity index (χ0) is 18.5. The molecule has 2 amide bonds. The van der Waals surface area contributed by atoms with Crippen molar-refractivity contribution in [3.8, 4) is 0 Å². The average molecular weight is 365 g/mol. The first-order valence-electron chi connectivity index (χ1n) is 9.80. The van der Waals surface area contributed by atoms with Crippen LogP contribution in [0.2, 0.25) is 0 Å². The van der Waals surface area contributed by atoms with Gasteiger partial charge in [0, 0.05) is 69.6 Å². The molecule has 2 saturated heterocycles. The molecule has 2 aliphatic rings. The normalized spacial score (nSPS) is 17.9. The molecule has 4 rings (SSSR count). The van der Waals surface area contributed by atoms with Crippen molar-refractivity contribution in [2.45, 2.75) is 19.4 Å². The van der Waals surface area contributed by atoms with Gasteiger partial charge in [0.25, 0.3) is 0 Å². The van der Waals surface area contributed by atoms with E-state index >= 15 is 0 Å². The quantitative estimate of drug-likeness (QED) is 0.905. The summed E-state index contributed by atoms with van der Waals surface area (Å²) in [6.45, 7) is 6.42. The summed E-state index contributed by atoms with van der Waals surface area (Å²) in [5.74, 6) is 0. The number of aromatic nitrogens is 1. The van der Waals surface area contributed by atoms with Crippen molar-refractivity contribution in [1.82, 2.24) is 14.8 Å². The second kappa shape index (κ2) is 8.39. The smallest absolute Gasteiger partial charge is 0.321 e. The lowest BCUT2D eigenvalue weighted by Gasteiger charge is -2.34. The van der Waals surface area contributed by atoms with E-state index < -0.39 is 0 Å². The predicted molar refractivity (Wildman–Crippen MR) is 108 cm³/mol. The van der Waals surface area contributed by atoms with Crippen LogP contribution in [0.25, 0.3) is 0 Å². The van der Waals surface area contributed by atoms with Gasteiger partial charge in [-0.1, -0.05) is 6.07 Å². The number of carbonyl (C=O) groups is 1. The Morgan fingerprint density at radius 1 is 0.963 bits per heavy atom. The number of pyridine rings is 1. The van der Waals surface area contributed by atoms with E-state index in [0.29, 0.717) is 0 Å². The second-order valence-corrected chi connectivity index (χ2v) is 7.30. The first-order valence-corrected chi connectivity index (χ1v) is 9.80. The highest BCUT2D eigenvalue weighted by Gasteiger charge is 2.21. The minimum absolute atomic E-state index is 0.00931. The van der Waals surface area contributed by atoms with Gasteiger partial charge in [0.1, 0.15) is 0 Å². The van der Waals surface area contributed by atoms with Crippen LogP contribution in [0.15, 0.2) is 48.8 Å². The molecule has 0 bridgehead atoms. The zero-order valence-corrected chi connectivity index (χ0v) is 15.7. The Labute approximate surface area is 160 Å². The van der Waals surface area contributed by atoms with E-state index in [2.05, 4.69) is 38.3 Å². The zero-order valence-electron chi connectivity index (χ0n) is 15.7. The number of nitrogens with zero attached hydrogens (tertiary/aromatic N) is 4. The standard InChI is InChI=1S/C21H27N5O/c27-21(23-19-5-7-20(8-6-19)25-10-1-2-11-25)26-14-12-24(13-15-26)17-18-4-3-9-22-16-18/h3-9,16H,1-2,10-15,17H2,(H,23,27). The maximum Gasteiger partial charge on any atom is 0.321 e. The number of rotatable bonds is 4. The van der Waals surface area contributed by atoms with Crippen molar-refractivity contribution >= 4 is 17.4 Å². The van der Waals surface area contributed by atoms with Crippen molar-refractivity contribution in [1.29, 1.82) is 0 Å². The molecule has 3 heterocycles. The van der Waals surface area contributed by atoms with E-state index in [1.807, 2.05) is 29.3 Å². The van der Waals surface area contributed by atoms with Crippen molar-refractivity contribution < 1.29 is 4.79 Å². The fraction of sp³-hybridized carbons (Fsp3) is 0.429.